The molecule has 1 saturated heterocycles. The lowest BCUT2D eigenvalue weighted by atomic mass is 9.94. The van der Waals surface area contributed by atoms with E-state index in [-0.39, 0.29) is 12.5 Å². The highest BCUT2D eigenvalue weighted by molar-refractivity contribution is 5.65. The molecular formula is C21H23F2N5O2. The fraction of sp³-hybridized carbons (Fsp3) is 0.381. The summed E-state index contributed by atoms with van der Waals surface area (Å²) in [4.78, 5) is 17.6. The molecule has 2 N–H and O–H groups in total. The lowest BCUT2D eigenvalue weighted by Gasteiger charge is -2.33. The third-order valence-corrected chi connectivity index (χ3v) is 5.52. The first-order valence-corrected chi connectivity index (χ1v) is 9.84. The zero-order chi connectivity index (χ0) is 21.3. The number of nitrogens with two attached hydrogens (primary N) is 1. The molecule has 0 unspecified atom stereocenters. The zero-order valence-electron chi connectivity index (χ0n) is 16.6. The molecule has 158 valence electrons. The second-order valence-electron chi connectivity index (χ2n) is 7.60. The molecule has 4 rings (SSSR count). The minimum Gasteiger partial charge on any atom is -0.445 e. The number of halogens is 2. The van der Waals surface area contributed by atoms with Crippen molar-refractivity contribution in [1.82, 2.24) is 19.5 Å². The number of likely N-dealkylation sites (tertiary alicyclic amines) is 1. The molecule has 1 aliphatic heterocycles. The standard InChI is InChI=1S/C21H23F2N5O2/c1-13-16(12-30-21(24)29)20-25-7-6-19(28(20)26-13)15-3-2-8-27(11-15)10-14-4-5-17(22)18(23)9-14/h4-7,9,15H,2-3,8,10-12H2,1H3,(H2,24,29)/t15-/m0/s1. The third-order valence-electron chi connectivity index (χ3n) is 5.52. The van der Waals surface area contributed by atoms with Crippen LogP contribution in [0.25, 0.3) is 5.65 Å². The quantitative estimate of drug-likeness (QED) is 0.691. The maximum absolute atomic E-state index is 13.6. The molecule has 2 aromatic heterocycles. The number of piperidine rings is 1. The second kappa shape index (κ2) is 8.35. The van der Waals surface area contributed by atoms with E-state index >= 15 is 0 Å². The molecule has 0 aliphatic carbocycles. The predicted molar refractivity (Wildman–Crippen MR) is 106 cm³/mol. The van der Waals surface area contributed by atoms with E-state index < -0.39 is 17.7 Å². The summed E-state index contributed by atoms with van der Waals surface area (Å²) < 4.78 is 33.5. The van der Waals surface area contributed by atoms with Crippen molar-refractivity contribution in [2.24, 2.45) is 5.73 Å². The number of rotatable bonds is 5. The summed E-state index contributed by atoms with van der Waals surface area (Å²) in [6, 6.07) is 5.99. The van der Waals surface area contributed by atoms with Crippen molar-refractivity contribution in [2.75, 3.05) is 13.1 Å². The Balaban J connectivity index is 1.56. The first-order valence-electron chi connectivity index (χ1n) is 9.84. The highest BCUT2D eigenvalue weighted by Crippen LogP contribution is 2.29. The molecule has 1 aliphatic rings. The van der Waals surface area contributed by atoms with Crippen LogP contribution >= 0.6 is 0 Å². The lowest BCUT2D eigenvalue weighted by molar-refractivity contribution is 0.150. The molecule has 0 bridgehead atoms. The number of carbonyl (C=O) groups excluding carboxylic acids is 1. The van der Waals surface area contributed by atoms with Gasteiger partial charge in [0.05, 0.1) is 17.0 Å². The number of aromatic nitrogens is 3. The van der Waals surface area contributed by atoms with Gasteiger partial charge in [0, 0.05) is 25.2 Å². The fourth-order valence-corrected chi connectivity index (χ4v) is 4.07. The van der Waals surface area contributed by atoms with E-state index in [1.54, 1.807) is 16.8 Å². The molecule has 7 nitrogen and oxygen atoms in total. The fourth-order valence-electron chi connectivity index (χ4n) is 4.07. The van der Waals surface area contributed by atoms with E-state index in [1.807, 2.05) is 13.0 Å². The van der Waals surface area contributed by atoms with Gasteiger partial charge in [-0.05, 0) is 50.1 Å². The van der Waals surface area contributed by atoms with Crippen molar-refractivity contribution < 1.29 is 18.3 Å². The summed E-state index contributed by atoms with van der Waals surface area (Å²) in [5.74, 6) is -1.45. The topological polar surface area (TPSA) is 85.8 Å². The van der Waals surface area contributed by atoms with Crippen LogP contribution in [0.1, 0.15) is 41.3 Å². The van der Waals surface area contributed by atoms with Crippen LogP contribution < -0.4 is 5.73 Å². The van der Waals surface area contributed by atoms with Crippen LogP contribution in [0.15, 0.2) is 30.5 Å². The molecule has 30 heavy (non-hydrogen) atoms. The molecule has 0 spiro atoms. The van der Waals surface area contributed by atoms with Gasteiger partial charge in [-0.2, -0.15) is 5.10 Å². The van der Waals surface area contributed by atoms with E-state index in [0.717, 1.165) is 48.4 Å². The molecule has 3 heterocycles. The second-order valence-corrected chi connectivity index (χ2v) is 7.60. The van der Waals surface area contributed by atoms with E-state index in [0.29, 0.717) is 12.2 Å². The number of aryl methyl sites for hydroxylation is 1. The van der Waals surface area contributed by atoms with Crippen LogP contribution in [0.3, 0.4) is 0 Å². The van der Waals surface area contributed by atoms with Gasteiger partial charge in [-0.3, -0.25) is 4.90 Å². The average Bonchev–Trinajstić information content (AvgIpc) is 3.04. The number of ether oxygens (including phenoxy) is 1. The number of hydrogen-bond acceptors (Lipinski definition) is 5. The monoisotopic (exact) mass is 415 g/mol. The summed E-state index contributed by atoms with van der Waals surface area (Å²) in [6.45, 7) is 4.07. The van der Waals surface area contributed by atoms with Gasteiger partial charge in [-0.15, -0.1) is 0 Å². The average molecular weight is 415 g/mol. The number of carbonyl (C=O) groups is 1. The summed E-state index contributed by atoms with van der Waals surface area (Å²) in [7, 11) is 0. The number of nitrogens with zero attached hydrogens (tertiary/aromatic N) is 4. The Morgan fingerprint density at radius 2 is 2.13 bits per heavy atom. The number of amides is 1. The lowest BCUT2D eigenvalue weighted by Crippen LogP contribution is -2.34. The Hall–Kier alpha value is -3.07. The SMILES string of the molecule is Cc1nn2c([C@H]3CCCN(Cc4ccc(F)c(F)c4)C3)ccnc2c1COC(N)=O. The van der Waals surface area contributed by atoms with Crippen LogP contribution in [-0.4, -0.2) is 38.7 Å². The van der Waals surface area contributed by atoms with Gasteiger partial charge in [0.15, 0.2) is 17.3 Å². The van der Waals surface area contributed by atoms with Gasteiger partial charge in [0.2, 0.25) is 0 Å². The van der Waals surface area contributed by atoms with E-state index in [1.165, 1.54) is 12.1 Å². The molecule has 1 atom stereocenters. The molecular weight excluding hydrogens is 392 g/mol. The van der Waals surface area contributed by atoms with E-state index in [4.69, 9.17) is 10.5 Å². The molecule has 9 heteroatoms. The Kier molecular flexibility index (Phi) is 5.63. The summed E-state index contributed by atoms with van der Waals surface area (Å²) in [5.41, 5.74) is 8.95. The van der Waals surface area contributed by atoms with Crippen molar-refractivity contribution in [3.05, 3.63) is 64.6 Å². The number of primary amides is 1. The van der Waals surface area contributed by atoms with Crippen molar-refractivity contribution in [1.29, 1.82) is 0 Å². The predicted octanol–water partition coefficient (Wildman–Crippen LogP) is 3.29. The van der Waals surface area contributed by atoms with Gasteiger partial charge < -0.3 is 10.5 Å². The maximum atomic E-state index is 13.6. The first kappa shape index (κ1) is 20.2. The molecule has 3 aromatic rings. The Bertz CT molecular complexity index is 1080. The van der Waals surface area contributed by atoms with Crippen LogP contribution in [0.4, 0.5) is 13.6 Å². The molecule has 1 fully saturated rings. The van der Waals surface area contributed by atoms with Crippen molar-refractivity contribution >= 4 is 11.7 Å². The number of fused-ring (bicyclic) bond motifs is 1. The van der Waals surface area contributed by atoms with Crippen LogP contribution in [-0.2, 0) is 17.9 Å². The van der Waals surface area contributed by atoms with Crippen molar-refractivity contribution in [3.8, 4) is 0 Å². The number of benzene rings is 1. The van der Waals surface area contributed by atoms with Gasteiger partial charge in [0.1, 0.15) is 6.61 Å². The van der Waals surface area contributed by atoms with E-state index in [9.17, 15) is 13.6 Å². The zero-order valence-corrected chi connectivity index (χ0v) is 16.6. The van der Waals surface area contributed by atoms with E-state index in [2.05, 4.69) is 15.0 Å². The highest BCUT2D eigenvalue weighted by Gasteiger charge is 2.25. The first-order chi connectivity index (χ1) is 14.4. The molecule has 1 amide bonds. The van der Waals surface area contributed by atoms with Crippen molar-refractivity contribution in [2.45, 2.75) is 38.8 Å². The summed E-state index contributed by atoms with van der Waals surface area (Å²) in [5, 5.41) is 4.61. The highest BCUT2D eigenvalue weighted by atomic mass is 19.2. The minimum atomic E-state index is -0.843. The van der Waals surface area contributed by atoms with Gasteiger partial charge in [-0.1, -0.05) is 6.07 Å². The molecule has 1 aromatic carbocycles. The normalized spacial score (nSPS) is 17.4. The van der Waals surface area contributed by atoms with Crippen LogP contribution in [0, 0.1) is 18.6 Å². The molecule has 0 saturated carbocycles. The summed E-state index contributed by atoms with van der Waals surface area (Å²) >= 11 is 0. The van der Waals surface area contributed by atoms with Crippen LogP contribution in [0.2, 0.25) is 0 Å². The van der Waals surface area contributed by atoms with Gasteiger partial charge in [0.25, 0.3) is 0 Å². The minimum absolute atomic E-state index is 0.0219. The maximum Gasteiger partial charge on any atom is 0.404 e. The van der Waals surface area contributed by atoms with Gasteiger partial charge in [-0.25, -0.2) is 23.1 Å². The number of hydrogen-bond donors (Lipinski definition) is 1. The molecule has 0 radical (unpaired) electrons. The van der Waals surface area contributed by atoms with Crippen LogP contribution in [0.5, 0.6) is 0 Å². The van der Waals surface area contributed by atoms with Crippen molar-refractivity contribution in [3.63, 3.8) is 0 Å². The largest absolute Gasteiger partial charge is 0.445 e. The Morgan fingerprint density at radius 1 is 1.30 bits per heavy atom. The Morgan fingerprint density at radius 3 is 2.90 bits per heavy atom. The van der Waals surface area contributed by atoms with Gasteiger partial charge >= 0.3 is 6.09 Å². The third kappa shape index (κ3) is 4.11. The Labute approximate surface area is 172 Å². The summed E-state index contributed by atoms with van der Waals surface area (Å²) in [6.07, 6.45) is 2.86. The smallest absolute Gasteiger partial charge is 0.404 e.